The largest absolute Gasteiger partial charge is 0.340 e. The van der Waals surface area contributed by atoms with Gasteiger partial charge in [0.15, 0.2) is 0 Å². The van der Waals surface area contributed by atoms with Crippen molar-refractivity contribution in [2.24, 2.45) is 0 Å². The van der Waals surface area contributed by atoms with Gasteiger partial charge in [-0.25, -0.2) is 9.67 Å². The Kier molecular flexibility index (Phi) is 3.17. The van der Waals surface area contributed by atoms with Crippen LogP contribution in [0.4, 0.5) is 5.69 Å². The fourth-order valence-corrected chi connectivity index (χ4v) is 2.41. The van der Waals surface area contributed by atoms with E-state index in [-0.39, 0.29) is 16.7 Å². The summed E-state index contributed by atoms with van der Waals surface area (Å²) < 4.78 is 3.89. The molecule has 3 aromatic rings. The molecule has 0 unspecified atom stereocenters. The topological polar surface area (TPSA) is 78.8 Å². The number of non-ortho nitro benzene ring substituents is 1. The van der Waals surface area contributed by atoms with Crippen molar-refractivity contribution < 1.29 is 4.92 Å². The zero-order chi connectivity index (χ0) is 15.0. The van der Waals surface area contributed by atoms with Gasteiger partial charge in [0.05, 0.1) is 11.5 Å². The third-order valence-electron chi connectivity index (χ3n) is 3.41. The van der Waals surface area contributed by atoms with Gasteiger partial charge in [0, 0.05) is 35.3 Å². The first-order chi connectivity index (χ1) is 10.1. The number of hydrogen-bond acceptors (Lipinski definition) is 4. The summed E-state index contributed by atoms with van der Waals surface area (Å²) in [4.78, 5) is 14.7. The number of nitro benzene ring substituents is 1. The van der Waals surface area contributed by atoms with E-state index in [1.165, 1.54) is 6.07 Å². The number of fused-ring (bicyclic) bond motifs is 1. The molecule has 7 heteroatoms. The Labute approximate surface area is 121 Å². The van der Waals surface area contributed by atoms with Gasteiger partial charge < -0.3 is 4.57 Å². The zero-order valence-electron chi connectivity index (χ0n) is 11.8. The van der Waals surface area contributed by atoms with Gasteiger partial charge in [-0.15, -0.1) is 0 Å². The van der Waals surface area contributed by atoms with Crippen molar-refractivity contribution in [3.05, 3.63) is 52.7 Å². The minimum atomic E-state index is -0.383. The minimum absolute atomic E-state index is 0.102. The fourth-order valence-electron chi connectivity index (χ4n) is 2.41. The SMILES string of the molecule is CC(C)n1ncnc1Cn1ccc2cc([N+](=O)[O-])ccc21. The van der Waals surface area contributed by atoms with Gasteiger partial charge in [-0.1, -0.05) is 0 Å². The van der Waals surface area contributed by atoms with Crippen LogP contribution >= 0.6 is 0 Å². The van der Waals surface area contributed by atoms with Crippen LogP contribution in [0.2, 0.25) is 0 Å². The summed E-state index contributed by atoms with van der Waals surface area (Å²) in [6, 6.07) is 6.98. The van der Waals surface area contributed by atoms with E-state index in [4.69, 9.17) is 0 Å². The second-order valence-electron chi connectivity index (χ2n) is 5.16. The smallest absolute Gasteiger partial charge is 0.270 e. The number of nitro groups is 1. The van der Waals surface area contributed by atoms with Crippen molar-refractivity contribution in [1.29, 1.82) is 0 Å². The first-order valence-electron chi connectivity index (χ1n) is 6.68. The molecular weight excluding hydrogens is 270 g/mol. The standard InChI is InChI=1S/C14H15N5O2/c1-10(2)18-14(15-9-16-18)8-17-6-5-11-7-12(19(20)21)3-4-13(11)17/h3-7,9-10H,8H2,1-2H3. The number of nitrogens with zero attached hydrogens (tertiary/aromatic N) is 5. The maximum atomic E-state index is 10.8. The van der Waals surface area contributed by atoms with Crippen molar-refractivity contribution in [1.82, 2.24) is 19.3 Å². The van der Waals surface area contributed by atoms with Gasteiger partial charge >= 0.3 is 0 Å². The molecule has 0 atom stereocenters. The molecule has 2 heterocycles. The summed E-state index contributed by atoms with van der Waals surface area (Å²) in [5, 5.41) is 15.9. The molecule has 0 aliphatic heterocycles. The maximum Gasteiger partial charge on any atom is 0.270 e. The van der Waals surface area contributed by atoms with Gasteiger partial charge in [-0.2, -0.15) is 5.10 Å². The van der Waals surface area contributed by atoms with E-state index < -0.39 is 0 Å². The lowest BCUT2D eigenvalue weighted by atomic mass is 10.2. The van der Waals surface area contributed by atoms with Crippen molar-refractivity contribution >= 4 is 16.6 Å². The molecule has 0 aliphatic rings. The van der Waals surface area contributed by atoms with E-state index in [1.807, 2.05) is 21.5 Å². The number of benzene rings is 1. The summed E-state index contributed by atoms with van der Waals surface area (Å²) in [6.07, 6.45) is 3.46. The highest BCUT2D eigenvalue weighted by Gasteiger charge is 2.12. The van der Waals surface area contributed by atoms with Crippen LogP contribution in [0.1, 0.15) is 25.7 Å². The van der Waals surface area contributed by atoms with E-state index in [0.717, 1.165) is 16.7 Å². The van der Waals surface area contributed by atoms with E-state index in [2.05, 4.69) is 23.9 Å². The Balaban J connectivity index is 1.98. The first kappa shape index (κ1) is 13.3. The molecule has 0 bridgehead atoms. The lowest BCUT2D eigenvalue weighted by Crippen LogP contribution is -2.11. The highest BCUT2D eigenvalue weighted by Crippen LogP contribution is 2.22. The zero-order valence-corrected chi connectivity index (χ0v) is 11.8. The van der Waals surface area contributed by atoms with Crippen LogP contribution in [0.3, 0.4) is 0 Å². The molecule has 108 valence electrons. The average Bonchev–Trinajstić information content (AvgIpc) is 3.06. The van der Waals surface area contributed by atoms with E-state index in [0.29, 0.717) is 6.54 Å². The predicted molar refractivity (Wildman–Crippen MR) is 78.1 cm³/mol. The van der Waals surface area contributed by atoms with Gasteiger partial charge in [0.25, 0.3) is 5.69 Å². The molecule has 0 spiro atoms. The quantitative estimate of drug-likeness (QED) is 0.545. The van der Waals surface area contributed by atoms with Crippen molar-refractivity contribution in [2.75, 3.05) is 0 Å². The van der Waals surface area contributed by atoms with Gasteiger partial charge in [-0.05, 0) is 26.0 Å². The highest BCUT2D eigenvalue weighted by atomic mass is 16.6. The third kappa shape index (κ3) is 2.37. The molecular formula is C14H15N5O2. The molecule has 1 aromatic carbocycles. The summed E-state index contributed by atoms with van der Waals surface area (Å²) in [6.45, 7) is 4.68. The van der Waals surface area contributed by atoms with Crippen LogP contribution in [0.5, 0.6) is 0 Å². The second-order valence-corrected chi connectivity index (χ2v) is 5.16. The number of rotatable bonds is 4. The lowest BCUT2D eigenvalue weighted by molar-refractivity contribution is -0.384. The van der Waals surface area contributed by atoms with Crippen LogP contribution < -0.4 is 0 Å². The van der Waals surface area contributed by atoms with Crippen molar-refractivity contribution in [3.63, 3.8) is 0 Å². The van der Waals surface area contributed by atoms with E-state index in [1.54, 1.807) is 18.5 Å². The monoisotopic (exact) mass is 285 g/mol. The molecule has 0 aliphatic carbocycles. The molecule has 0 fully saturated rings. The number of aromatic nitrogens is 4. The average molecular weight is 285 g/mol. The van der Waals surface area contributed by atoms with Crippen LogP contribution in [-0.2, 0) is 6.54 Å². The normalized spacial score (nSPS) is 11.4. The fraction of sp³-hybridized carbons (Fsp3) is 0.286. The Morgan fingerprint density at radius 3 is 2.86 bits per heavy atom. The lowest BCUT2D eigenvalue weighted by Gasteiger charge is -2.10. The molecule has 0 amide bonds. The Morgan fingerprint density at radius 2 is 2.14 bits per heavy atom. The first-order valence-corrected chi connectivity index (χ1v) is 6.68. The van der Waals surface area contributed by atoms with Crippen molar-refractivity contribution in [3.8, 4) is 0 Å². The van der Waals surface area contributed by atoms with Crippen LogP contribution in [0.15, 0.2) is 36.8 Å². The summed E-state index contributed by atoms with van der Waals surface area (Å²) in [5.41, 5.74) is 1.05. The van der Waals surface area contributed by atoms with Gasteiger partial charge in [-0.3, -0.25) is 10.1 Å². The molecule has 2 aromatic heterocycles. The molecule has 3 rings (SSSR count). The Morgan fingerprint density at radius 1 is 1.33 bits per heavy atom. The Bertz CT molecular complexity index is 803. The summed E-state index contributed by atoms with van der Waals surface area (Å²) >= 11 is 0. The van der Waals surface area contributed by atoms with Gasteiger partial charge in [0.1, 0.15) is 12.2 Å². The molecule has 0 saturated carbocycles. The number of hydrogen-bond donors (Lipinski definition) is 0. The maximum absolute atomic E-state index is 10.8. The van der Waals surface area contributed by atoms with Crippen molar-refractivity contribution in [2.45, 2.75) is 26.4 Å². The van der Waals surface area contributed by atoms with Crippen LogP contribution in [0.25, 0.3) is 10.9 Å². The van der Waals surface area contributed by atoms with E-state index >= 15 is 0 Å². The molecule has 0 radical (unpaired) electrons. The van der Waals surface area contributed by atoms with Crippen LogP contribution in [-0.4, -0.2) is 24.3 Å². The predicted octanol–water partition coefficient (Wildman–Crippen LogP) is 2.77. The third-order valence-corrected chi connectivity index (χ3v) is 3.41. The molecule has 0 N–H and O–H groups in total. The van der Waals surface area contributed by atoms with Gasteiger partial charge in [0.2, 0.25) is 0 Å². The molecule has 21 heavy (non-hydrogen) atoms. The van der Waals surface area contributed by atoms with E-state index in [9.17, 15) is 10.1 Å². The minimum Gasteiger partial charge on any atom is -0.340 e. The summed E-state index contributed by atoms with van der Waals surface area (Å²) in [7, 11) is 0. The second kappa shape index (κ2) is 5.01. The highest BCUT2D eigenvalue weighted by molar-refractivity contribution is 5.82. The Hall–Kier alpha value is -2.70. The summed E-state index contributed by atoms with van der Waals surface area (Å²) in [5.74, 6) is 0.862. The van der Waals surface area contributed by atoms with Crippen LogP contribution in [0, 0.1) is 10.1 Å². The molecule has 0 saturated heterocycles. The molecule has 7 nitrogen and oxygen atoms in total.